The molecule has 0 aliphatic carbocycles. The first kappa shape index (κ1) is 27.5. The number of aromatic nitrogens is 2. The number of hydrogen-bond donors (Lipinski definition) is 3. The van der Waals surface area contributed by atoms with Gasteiger partial charge in [-0.3, -0.25) is 14.6 Å². The molecule has 5 rings (SSSR count). The molecule has 0 aliphatic rings. The molecule has 2 amide bonds. The van der Waals surface area contributed by atoms with E-state index in [1.807, 2.05) is 0 Å². The third-order valence-corrected chi connectivity index (χ3v) is 6.55. The number of rotatable bonds is 8. The summed E-state index contributed by atoms with van der Waals surface area (Å²) in [7, 11) is 0. The fourth-order valence-electron chi connectivity index (χ4n) is 4.78. The molecular weight excluding hydrogens is 543 g/mol. The Balaban J connectivity index is 1.53. The lowest BCUT2D eigenvalue weighted by Gasteiger charge is -2.22. The van der Waals surface area contributed by atoms with Crippen LogP contribution in [-0.2, 0) is 17.6 Å². The number of nitrogens with zero attached hydrogens (tertiary/aromatic N) is 1. The van der Waals surface area contributed by atoms with Gasteiger partial charge in [-0.2, -0.15) is 0 Å². The van der Waals surface area contributed by atoms with E-state index in [4.69, 9.17) is 5.73 Å². The number of halogens is 5. The summed E-state index contributed by atoms with van der Waals surface area (Å²) in [5.74, 6) is -5.65. The molecule has 4 N–H and O–H groups in total. The van der Waals surface area contributed by atoms with Crippen LogP contribution in [-0.4, -0.2) is 21.8 Å². The molecule has 1 atom stereocenters. The molecule has 11 heteroatoms. The molecule has 6 nitrogen and oxygen atoms in total. The van der Waals surface area contributed by atoms with Gasteiger partial charge in [0.25, 0.3) is 5.91 Å². The predicted molar refractivity (Wildman–Crippen MR) is 141 cm³/mol. The lowest BCUT2D eigenvalue weighted by molar-refractivity contribution is -0.121. The first-order valence-corrected chi connectivity index (χ1v) is 12.3. The Labute approximate surface area is 230 Å². The average molecular weight is 565 g/mol. The molecule has 2 heterocycles. The highest BCUT2D eigenvalue weighted by Gasteiger charge is 2.23. The maximum atomic E-state index is 14.2. The Morgan fingerprint density at radius 2 is 1.63 bits per heavy atom. The second kappa shape index (κ2) is 11.2. The van der Waals surface area contributed by atoms with E-state index < -0.39 is 46.9 Å². The Kier molecular flexibility index (Phi) is 7.52. The Hall–Kier alpha value is -5.06. The average Bonchev–Trinajstić information content (AvgIpc) is 3.30. The third kappa shape index (κ3) is 5.93. The number of primary amides is 1. The van der Waals surface area contributed by atoms with Crippen LogP contribution in [0.4, 0.5) is 22.0 Å². The van der Waals surface area contributed by atoms with E-state index in [0.717, 1.165) is 30.3 Å². The van der Waals surface area contributed by atoms with Crippen molar-refractivity contribution in [3.05, 3.63) is 125 Å². The normalized spacial score (nSPS) is 11.9. The van der Waals surface area contributed by atoms with Gasteiger partial charge in [-0.1, -0.05) is 12.1 Å². The molecule has 0 spiro atoms. The van der Waals surface area contributed by atoms with Crippen LogP contribution >= 0.6 is 0 Å². The van der Waals surface area contributed by atoms with Crippen LogP contribution in [0, 0.1) is 29.1 Å². The van der Waals surface area contributed by atoms with Crippen LogP contribution in [0.2, 0.25) is 0 Å². The number of fused-ring (bicyclic) bond motifs is 1. The molecule has 208 valence electrons. The van der Waals surface area contributed by atoms with Crippen LogP contribution in [0.1, 0.15) is 33.2 Å². The van der Waals surface area contributed by atoms with Gasteiger partial charge in [0.05, 0.1) is 29.2 Å². The van der Waals surface area contributed by atoms with Crippen LogP contribution in [0.3, 0.4) is 0 Å². The first-order valence-electron chi connectivity index (χ1n) is 12.3. The van der Waals surface area contributed by atoms with Gasteiger partial charge >= 0.3 is 0 Å². The molecule has 0 bridgehead atoms. The smallest absolute Gasteiger partial charge is 0.251 e. The van der Waals surface area contributed by atoms with Crippen molar-refractivity contribution >= 4 is 22.7 Å². The molecule has 0 saturated carbocycles. The number of H-pyrrole nitrogens is 1. The van der Waals surface area contributed by atoms with Crippen molar-refractivity contribution in [2.75, 3.05) is 0 Å². The lowest BCUT2D eigenvalue weighted by atomic mass is 9.94. The number of hydrogen-bond acceptors (Lipinski definition) is 3. The molecule has 0 saturated heterocycles. The summed E-state index contributed by atoms with van der Waals surface area (Å²) >= 11 is 0. The van der Waals surface area contributed by atoms with Gasteiger partial charge in [0.15, 0.2) is 0 Å². The SMILES string of the molecule is NC(=O)c1cc(-c2cccnc2[C@H](Cc2cc(F)cc(F)c2)NC(=O)Cc2c[nH]c3c(F)cc(F)cc23)ccc1F. The van der Waals surface area contributed by atoms with Crippen LogP contribution in [0.25, 0.3) is 22.0 Å². The van der Waals surface area contributed by atoms with Crippen molar-refractivity contribution in [3.8, 4) is 11.1 Å². The topological polar surface area (TPSA) is 101 Å². The van der Waals surface area contributed by atoms with Crippen LogP contribution in [0.5, 0.6) is 0 Å². The zero-order chi connectivity index (χ0) is 29.3. The van der Waals surface area contributed by atoms with E-state index in [1.165, 1.54) is 24.5 Å². The third-order valence-electron chi connectivity index (χ3n) is 6.55. The first-order chi connectivity index (χ1) is 19.6. The molecular formula is C30H21F5N4O2. The number of pyridine rings is 1. The quantitative estimate of drug-likeness (QED) is 0.212. The number of nitrogens with two attached hydrogens (primary N) is 1. The molecule has 3 aromatic carbocycles. The molecule has 0 aliphatic heterocycles. The van der Waals surface area contributed by atoms with Crippen molar-refractivity contribution in [2.45, 2.75) is 18.9 Å². The van der Waals surface area contributed by atoms with E-state index >= 15 is 0 Å². The zero-order valence-corrected chi connectivity index (χ0v) is 21.2. The largest absolute Gasteiger partial charge is 0.366 e. The number of aromatic amines is 1. The van der Waals surface area contributed by atoms with E-state index in [1.54, 1.807) is 12.1 Å². The maximum Gasteiger partial charge on any atom is 0.251 e. The molecule has 5 aromatic rings. The number of amides is 2. The van der Waals surface area contributed by atoms with Crippen LogP contribution in [0.15, 0.2) is 73.1 Å². The van der Waals surface area contributed by atoms with E-state index in [-0.39, 0.29) is 40.6 Å². The van der Waals surface area contributed by atoms with E-state index in [0.29, 0.717) is 22.8 Å². The van der Waals surface area contributed by atoms with Gasteiger partial charge < -0.3 is 16.0 Å². The Bertz CT molecular complexity index is 1780. The standard InChI is InChI=1S/C30H21F5N4O2/c31-18-6-15(7-19(32)11-18)8-26(39-27(40)10-17-14-38-28-22(17)12-20(33)13-25(28)35)29-21(2-1-5-37-29)16-3-4-24(34)23(9-16)30(36)41/h1-7,9,11-14,26,38H,8,10H2,(H2,36,41)(H,39,40)/t26-/m0/s1. The number of benzene rings is 3. The minimum atomic E-state index is -0.985. The number of nitrogens with one attached hydrogen (secondary N) is 2. The molecule has 2 aromatic heterocycles. The van der Waals surface area contributed by atoms with Gasteiger partial charge in [-0.15, -0.1) is 0 Å². The van der Waals surface area contributed by atoms with Crippen molar-refractivity contribution in [2.24, 2.45) is 5.73 Å². The summed E-state index contributed by atoms with van der Waals surface area (Å²) in [4.78, 5) is 32.1. The highest BCUT2D eigenvalue weighted by molar-refractivity contribution is 5.94. The van der Waals surface area contributed by atoms with Crippen molar-refractivity contribution < 1.29 is 31.5 Å². The van der Waals surface area contributed by atoms with Crippen LogP contribution < -0.4 is 11.1 Å². The summed E-state index contributed by atoms with van der Waals surface area (Å²) in [6.45, 7) is 0. The number of carbonyl (C=O) groups excluding carboxylic acids is 2. The summed E-state index contributed by atoms with van der Waals surface area (Å²) in [5.41, 5.74) is 6.52. The highest BCUT2D eigenvalue weighted by atomic mass is 19.1. The second-order valence-electron chi connectivity index (χ2n) is 9.40. The molecule has 0 fully saturated rings. The fourth-order valence-corrected chi connectivity index (χ4v) is 4.78. The summed E-state index contributed by atoms with van der Waals surface area (Å²) in [6, 6.07) is 10.7. The van der Waals surface area contributed by atoms with Gasteiger partial charge in [0, 0.05) is 35.5 Å². The van der Waals surface area contributed by atoms with Crippen molar-refractivity contribution in [3.63, 3.8) is 0 Å². The summed E-state index contributed by atoms with van der Waals surface area (Å²) in [5, 5.41) is 2.98. The Morgan fingerprint density at radius 3 is 2.37 bits per heavy atom. The van der Waals surface area contributed by atoms with Crippen molar-refractivity contribution in [1.82, 2.24) is 15.3 Å². The second-order valence-corrected chi connectivity index (χ2v) is 9.40. The zero-order valence-electron chi connectivity index (χ0n) is 21.2. The van der Waals surface area contributed by atoms with E-state index in [9.17, 15) is 31.5 Å². The van der Waals surface area contributed by atoms with E-state index in [2.05, 4.69) is 15.3 Å². The van der Waals surface area contributed by atoms with Gasteiger partial charge in [-0.05, 0) is 59.5 Å². The van der Waals surface area contributed by atoms with Gasteiger partial charge in [0.2, 0.25) is 5.91 Å². The molecule has 0 radical (unpaired) electrons. The Morgan fingerprint density at radius 1 is 0.902 bits per heavy atom. The van der Waals surface area contributed by atoms with Gasteiger partial charge in [0.1, 0.15) is 29.1 Å². The molecule has 0 unspecified atom stereocenters. The van der Waals surface area contributed by atoms with Crippen molar-refractivity contribution in [1.29, 1.82) is 0 Å². The fraction of sp³-hybridized carbons (Fsp3) is 0.100. The molecule has 41 heavy (non-hydrogen) atoms. The maximum absolute atomic E-state index is 14.2. The highest BCUT2D eigenvalue weighted by Crippen LogP contribution is 2.31. The summed E-state index contributed by atoms with van der Waals surface area (Å²) in [6.07, 6.45) is 2.43. The number of carbonyl (C=O) groups is 2. The monoisotopic (exact) mass is 564 g/mol. The minimum absolute atomic E-state index is 0.0366. The predicted octanol–water partition coefficient (Wildman–Crippen LogP) is 5.67. The summed E-state index contributed by atoms with van der Waals surface area (Å²) < 4.78 is 70.2. The van der Waals surface area contributed by atoms with Gasteiger partial charge in [-0.25, -0.2) is 22.0 Å². The lowest BCUT2D eigenvalue weighted by Crippen LogP contribution is -2.32. The minimum Gasteiger partial charge on any atom is -0.366 e.